The van der Waals surface area contributed by atoms with Crippen LogP contribution in [0.1, 0.15) is 12.1 Å². The molecule has 0 aliphatic carbocycles. The van der Waals surface area contributed by atoms with Crippen molar-refractivity contribution in [3.05, 3.63) is 23.5 Å². The lowest BCUT2D eigenvalue weighted by atomic mass is 10.4. The summed E-state index contributed by atoms with van der Waals surface area (Å²) in [6, 6.07) is 0. The van der Waals surface area contributed by atoms with Crippen LogP contribution in [0.3, 0.4) is 0 Å². The molecule has 7 heteroatoms. The molecule has 0 saturated heterocycles. The summed E-state index contributed by atoms with van der Waals surface area (Å²) >= 11 is 1.38. The first-order valence-electron chi connectivity index (χ1n) is 4.76. The third kappa shape index (κ3) is 3.37. The summed E-state index contributed by atoms with van der Waals surface area (Å²) in [6.45, 7) is 2.62. The van der Waals surface area contributed by atoms with E-state index in [9.17, 15) is 0 Å². The van der Waals surface area contributed by atoms with Crippen molar-refractivity contribution in [2.45, 2.75) is 19.5 Å². The molecule has 0 spiro atoms. The molecule has 2 heterocycles. The van der Waals surface area contributed by atoms with E-state index in [1.165, 1.54) is 11.5 Å². The van der Waals surface area contributed by atoms with Gasteiger partial charge in [-0.05, 0) is 24.5 Å². The highest BCUT2D eigenvalue weighted by molar-refractivity contribution is 7.03. The van der Waals surface area contributed by atoms with Gasteiger partial charge in [-0.1, -0.05) is 9.70 Å². The summed E-state index contributed by atoms with van der Waals surface area (Å²) in [5, 5.41) is 16.8. The molecule has 0 unspecified atom stereocenters. The maximum atomic E-state index is 3.94. The van der Waals surface area contributed by atoms with E-state index in [0.29, 0.717) is 0 Å². The van der Waals surface area contributed by atoms with Crippen LogP contribution in [0.25, 0.3) is 0 Å². The standard InChI is InChI=1S/C8H12N6S/c1(4-14-5-3-10-12-14)2-9-6-8-7-15-13-11-8/h3,5,7,9H,1-2,4,6H2. The second-order valence-corrected chi connectivity index (χ2v) is 3.70. The van der Waals surface area contributed by atoms with Crippen LogP contribution in [-0.4, -0.2) is 31.1 Å². The highest BCUT2D eigenvalue weighted by Gasteiger charge is 1.95. The highest BCUT2D eigenvalue weighted by atomic mass is 32.1. The Kier molecular flexibility index (Phi) is 3.75. The first kappa shape index (κ1) is 10.2. The van der Waals surface area contributed by atoms with Crippen LogP contribution < -0.4 is 5.32 Å². The van der Waals surface area contributed by atoms with Crippen LogP contribution in [0.5, 0.6) is 0 Å². The molecule has 0 aliphatic heterocycles. The van der Waals surface area contributed by atoms with Gasteiger partial charge in [0.05, 0.1) is 11.9 Å². The zero-order valence-corrected chi connectivity index (χ0v) is 9.02. The summed E-state index contributed by atoms with van der Waals surface area (Å²) in [7, 11) is 0. The topological polar surface area (TPSA) is 68.5 Å². The molecule has 0 bridgehead atoms. The summed E-state index contributed by atoms with van der Waals surface area (Å²) in [4.78, 5) is 0. The number of nitrogens with one attached hydrogen (secondary N) is 1. The van der Waals surface area contributed by atoms with Crippen molar-refractivity contribution >= 4 is 11.5 Å². The van der Waals surface area contributed by atoms with Crippen LogP contribution in [0.2, 0.25) is 0 Å². The predicted octanol–water partition coefficient (Wildman–Crippen LogP) is 0.309. The van der Waals surface area contributed by atoms with Gasteiger partial charge >= 0.3 is 0 Å². The van der Waals surface area contributed by atoms with Crippen LogP contribution in [0.15, 0.2) is 17.8 Å². The van der Waals surface area contributed by atoms with Gasteiger partial charge in [0.15, 0.2) is 0 Å². The fourth-order valence-electron chi connectivity index (χ4n) is 1.20. The minimum absolute atomic E-state index is 0.786. The molecule has 2 rings (SSSR count). The summed E-state index contributed by atoms with van der Waals surface area (Å²) in [5.41, 5.74) is 1.00. The Hall–Kier alpha value is -1.34. The second kappa shape index (κ2) is 5.52. The Morgan fingerprint density at radius 1 is 1.47 bits per heavy atom. The van der Waals surface area contributed by atoms with E-state index < -0.39 is 0 Å². The lowest BCUT2D eigenvalue weighted by molar-refractivity contribution is 0.528. The smallest absolute Gasteiger partial charge is 0.0893 e. The van der Waals surface area contributed by atoms with Gasteiger partial charge in [-0.25, -0.2) is 0 Å². The van der Waals surface area contributed by atoms with Crippen molar-refractivity contribution in [1.29, 1.82) is 0 Å². The molecule has 80 valence electrons. The van der Waals surface area contributed by atoms with E-state index in [0.717, 1.165) is 31.7 Å². The normalized spacial score (nSPS) is 10.7. The summed E-state index contributed by atoms with van der Waals surface area (Å²) < 4.78 is 5.62. The van der Waals surface area contributed by atoms with Crippen molar-refractivity contribution in [3.8, 4) is 0 Å². The van der Waals surface area contributed by atoms with E-state index in [-0.39, 0.29) is 0 Å². The van der Waals surface area contributed by atoms with Crippen LogP contribution in [0.4, 0.5) is 0 Å². The zero-order valence-electron chi connectivity index (χ0n) is 8.20. The average molecular weight is 224 g/mol. The third-order valence-electron chi connectivity index (χ3n) is 1.92. The maximum Gasteiger partial charge on any atom is 0.0893 e. The van der Waals surface area contributed by atoms with E-state index in [2.05, 4.69) is 25.2 Å². The Morgan fingerprint density at radius 3 is 3.20 bits per heavy atom. The van der Waals surface area contributed by atoms with Crippen LogP contribution in [0, 0.1) is 0 Å². The molecule has 15 heavy (non-hydrogen) atoms. The van der Waals surface area contributed by atoms with Gasteiger partial charge in [0.25, 0.3) is 0 Å². The molecule has 0 aromatic carbocycles. The minimum Gasteiger partial charge on any atom is -0.311 e. The van der Waals surface area contributed by atoms with Crippen molar-refractivity contribution < 1.29 is 0 Å². The van der Waals surface area contributed by atoms with E-state index >= 15 is 0 Å². The molecule has 0 aliphatic rings. The van der Waals surface area contributed by atoms with Gasteiger partial charge in [0.2, 0.25) is 0 Å². The molecule has 0 atom stereocenters. The van der Waals surface area contributed by atoms with Crippen LogP contribution in [-0.2, 0) is 13.1 Å². The first-order chi connectivity index (χ1) is 7.45. The molecule has 0 amide bonds. The number of aryl methyl sites for hydroxylation is 1. The average Bonchev–Trinajstić information content (AvgIpc) is 2.88. The highest BCUT2D eigenvalue weighted by Crippen LogP contribution is 1.95. The van der Waals surface area contributed by atoms with Crippen molar-refractivity contribution in [3.63, 3.8) is 0 Å². The molecule has 0 fully saturated rings. The molecular formula is C8H12N6S. The Labute approximate surface area is 91.5 Å². The van der Waals surface area contributed by atoms with Gasteiger partial charge < -0.3 is 5.32 Å². The largest absolute Gasteiger partial charge is 0.311 e. The lowest BCUT2D eigenvalue weighted by Gasteiger charge is -2.01. The number of hydrogen-bond acceptors (Lipinski definition) is 6. The molecule has 0 radical (unpaired) electrons. The van der Waals surface area contributed by atoms with Gasteiger partial charge in [0.1, 0.15) is 0 Å². The van der Waals surface area contributed by atoms with Gasteiger partial charge in [0, 0.05) is 24.7 Å². The molecule has 1 N–H and O–H groups in total. The molecule has 2 aromatic rings. The Balaban J connectivity index is 1.56. The van der Waals surface area contributed by atoms with E-state index in [1.54, 1.807) is 6.20 Å². The first-order valence-corrected chi connectivity index (χ1v) is 5.59. The number of hydrogen-bond donors (Lipinski definition) is 1. The maximum absolute atomic E-state index is 3.94. The van der Waals surface area contributed by atoms with Crippen molar-refractivity contribution in [1.82, 2.24) is 29.9 Å². The number of aromatic nitrogens is 5. The number of rotatable bonds is 6. The number of nitrogens with zero attached hydrogens (tertiary/aromatic N) is 5. The fraction of sp³-hybridized carbons (Fsp3) is 0.500. The van der Waals surface area contributed by atoms with Gasteiger partial charge in [-0.3, -0.25) is 4.68 Å². The monoisotopic (exact) mass is 224 g/mol. The summed E-state index contributed by atoms with van der Waals surface area (Å²) in [6.07, 6.45) is 4.58. The zero-order chi connectivity index (χ0) is 10.3. The SMILES string of the molecule is c1cn(CCCNCc2csnn2)nn1. The van der Waals surface area contributed by atoms with Crippen LogP contribution >= 0.6 is 11.5 Å². The lowest BCUT2D eigenvalue weighted by Crippen LogP contribution is -2.16. The van der Waals surface area contributed by atoms with E-state index in [1.807, 2.05) is 16.3 Å². The third-order valence-corrected chi connectivity index (χ3v) is 2.48. The summed E-state index contributed by atoms with van der Waals surface area (Å²) in [5.74, 6) is 0. The quantitative estimate of drug-likeness (QED) is 0.715. The Bertz CT molecular complexity index is 320. The molecule has 6 nitrogen and oxygen atoms in total. The van der Waals surface area contributed by atoms with Crippen molar-refractivity contribution in [2.75, 3.05) is 6.54 Å². The minimum atomic E-state index is 0.786. The van der Waals surface area contributed by atoms with Gasteiger partial charge in [-0.2, -0.15) is 0 Å². The predicted molar refractivity (Wildman–Crippen MR) is 56.3 cm³/mol. The van der Waals surface area contributed by atoms with E-state index in [4.69, 9.17) is 0 Å². The fourth-order valence-corrected chi connectivity index (χ4v) is 1.65. The molecular weight excluding hydrogens is 212 g/mol. The van der Waals surface area contributed by atoms with Crippen molar-refractivity contribution in [2.24, 2.45) is 0 Å². The Morgan fingerprint density at radius 2 is 2.47 bits per heavy atom. The second-order valence-electron chi connectivity index (χ2n) is 3.09. The molecule has 2 aromatic heterocycles. The molecule has 0 saturated carbocycles. The van der Waals surface area contributed by atoms with Gasteiger partial charge in [-0.15, -0.1) is 10.2 Å².